The van der Waals surface area contributed by atoms with E-state index in [-0.39, 0.29) is 18.0 Å². The second kappa shape index (κ2) is 8.53. The molecule has 0 aromatic rings. The Bertz CT molecular complexity index is 189. The van der Waals surface area contributed by atoms with Gasteiger partial charge < -0.3 is 15.8 Å². The third-order valence-corrected chi connectivity index (χ3v) is 2.65. The van der Waals surface area contributed by atoms with E-state index in [0.29, 0.717) is 18.9 Å². The minimum atomic E-state index is -0.0650. The molecule has 0 rings (SSSR count). The number of methoxy groups -OCH3 is 1. The fourth-order valence-corrected chi connectivity index (χ4v) is 1.48. The SMILES string of the molecule is CCCC(COC)NC(=O)CC(N)C(C)C. The number of nitrogens with one attached hydrogen (secondary N) is 1. The highest BCUT2D eigenvalue weighted by molar-refractivity contribution is 5.76. The first-order valence-corrected chi connectivity index (χ1v) is 6.05. The molecular weight excluding hydrogens is 204 g/mol. The number of rotatable bonds is 8. The van der Waals surface area contributed by atoms with Gasteiger partial charge in [-0.05, 0) is 12.3 Å². The van der Waals surface area contributed by atoms with Gasteiger partial charge in [-0.3, -0.25) is 4.79 Å². The maximum absolute atomic E-state index is 11.7. The van der Waals surface area contributed by atoms with Crippen molar-refractivity contribution in [1.82, 2.24) is 5.32 Å². The third-order valence-electron chi connectivity index (χ3n) is 2.65. The molecule has 4 heteroatoms. The molecule has 0 aromatic carbocycles. The second-order valence-corrected chi connectivity index (χ2v) is 4.62. The number of ether oxygens (including phenoxy) is 1. The molecule has 0 spiro atoms. The average molecular weight is 230 g/mol. The van der Waals surface area contributed by atoms with E-state index in [9.17, 15) is 4.79 Å². The van der Waals surface area contributed by atoms with Crippen LogP contribution in [0, 0.1) is 5.92 Å². The fraction of sp³-hybridized carbons (Fsp3) is 0.917. The first-order chi connectivity index (χ1) is 7.51. The van der Waals surface area contributed by atoms with Crippen LogP contribution in [-0.2, 0) is 9.53 Å². The van der Waals surface area contributed by atoms with E-state index in [1.54, 1.807) is 7.11 Å². The first-order valence-electron chi connectivity index (χ1n) is 6.05. The van der Waals surface area contributed by atoms with Crippen LogP contribution in [0.1, 0.15) is 40.0 Å². The van der Waals surface area contributed by atoms with Crippen LogP contribution in [-0.4, -0.2) is 31.7 Å². The normalized spacial score (nSPS) is 14.9. The molecule has 1 amide bonds. The van der Waals surface area contributed by atoms with Crippen LogP contribution in [0.4, 0.5) is 0 Å². The summed E-state index contributed by atoms with van der Waals surface area (Å²) < 4.78 is 5.06. The second-order valence-electron chi connectivity index (χ2n) is 4.62. The van der Waals surface area contributed by atoms with E-state index < -0.39 is 0 Å². The predicted octanol–water partition coefficient (Wildman–Crippen LogP) is 1.29. The molecule has 0 saturated carbocycles. The van der Waals surface area contributed by atoms with Gasteiger partial charge in [-0.25, -0.2) is 0 Å². The molecule has 0 aromatic heterocycles. The minimum absolute atomic E-state index is 0.0247. The molecule has 0 saturated heterocycles. The summed E-state index contributed by atoms with van der Waals surface area (Å²) in [7, 11) is 1.65. The van der Waals surface area contributed by atoms with Crippen molar-refractivity contribution < 1.29 is 9.53 Å². The molecule has 3 N–H and O–H groups in total. The Morgan fingerprint density at radius 2 is 2.06 bits per heavy atom. The van der Waals surface area contributed by atoms with E-state index in [2.05, 4.69) is 12.2 Å². The quantitative estimate of drug-likeness (QED) is 0.660. The lowest BCUT2D eigenvalue weighted by Gasteiger charge is -2.20. The summed E-state index contributed by atoms with van der Waals surface area (Å²) in [6.45, 7) is 6.71. The van der Waals surface area contributed by atoms with Gasteiger partial charge in [0.15, 0.2) is 0 Å². The van der Waals surface area contributed by atoms with Crippen molar-refractivity contribution in [2.24, 2.45) is 11.7 Å². The largest absolute Gasteiger partial charge is 0.383 e. The van der Waals surface area contributed by atoms with Crippen molar-refractivity contribution in [3.63, 3.8) is 0 Å². The monoisotopic (exact) mass is 230 g/mol. The predicted molar refractivity (Wildman–Crippen MR) is 66.1 cm³/mol. The molecule has 0 radical (unpaired) electrons. The smallest absolute Gasteiger partial charge is 0.221 e. The van der Waals surface area contributed by atoms with Gasteiger partial charge in [-0.2, -0.15) is 0 Å². The fourth-order valence-electron chi connectivity index (χ4n) is 1.48. The van der Waals surface area contributed by atoms with Crippen molar-refractivity contribution in [2.45, 2.75) is 52.1 Å². The lowest BCUT2D eigenvalue weighted by Crippen LogP contribution is -2.41. The molecule has 0 fully saturated rings. The maximum atomic E-state index is 11.7. The highest BCUT2D eigenvalue weighted by Gasteiger charge is 2.16. The number of nitrogens with two attached hydrogens (primary N) is 1. The number of carbonyl (C=O) groups is 1. The van der Waals surface area contributed by atoms with E-state index in [4.69, 9.17) is 10.5 Å². The molecule has 0 heterocycles. The number of carbonyl (C=O) groups excluding carboxylic acids is 1. The van der Waals surface area contributed by atoms with E-state index in [1.165, 1.54) is 0 Å². The van der Waals surface area contributed by atoms with Crippen LogP contribution in [0.25, 0.3) is 0 Å². The molecule has 2 unspecified atom stereocenters. The highest BCUT2D eigenvalue weighted by atomic mass is 16.5. The Balaban J connectivity index is 3.98. The summed E-state index contributed by atoms with van der Waals surface area (Å²) in [6.07, 6.45) is 2.36. The number of hydrogen-bond donors (Lipinski definition) is 2. The van der Waals surface area contributed by atoms with Crippen molar-refractivity contribution in [2.75, 3.05) is 13.7 Å². The lowest BCUT2D eigenvalue weighted by atomic mass is 10.0. The van der Waals surface area contributed by atoms with Crippen LogP contribution in [0.15, 0.2) is 0 Å². The Morgan fingerprint density at radius 1 is 1.44 bits per heavy atom. The molecule has 0 aliphatic carbocycles. The van der Waals surface area contributed by atoms with Crippen LogP contribution >= 0.6 is 0 Å². The van der Waals surface area contributed by atoms with E-state index >= 15 is 0 Å². The zero-order valence-corrected chi connectivity index (χ0v) is 11.0. The minimum Gasteiger partial charge on any atom is -0.383 e. The molecule has 16 heavy (non-hydrogen) atoms. The van der Waals surface area contributed by atoms with E-state index in [1.807, 2.05) is 13.8 Å². The van der Waals surface area contributed by atoms with Gasteiger partial charge in [-0.1, -0.05) is 27.2 Å². The Hall–Kier alpha value is -0.610. The molecule has 4 nitrogen and oxygen atoms in total. The van der Waals surface area contributed by atoms with E-state index in [0.717, 1.165) is 12.8 Å². The standard InChI is InChI=1S/C12H26N2O2/c1-5-6-10(8-16-4)14-12(15)7-11(13)9(2)3/h9-11H,5-8,13H2,1-4H3,(H,14,15). The molecule has 0 bridgehead atoms. The summed E-state index contributed by atoms with van der Waals surface area (Å²) in [6, 6.07) is 0.0479. The summed E-state index contributed by atoms with van der Waals surface area (Å²) >= 11 is 0. The summed E-state index contributed by atoms with van der Waals surface area (Å²) in [5.41, 5.74) is 5.85. The summed E-state index contributed by atoms with van der Waals surface area (Å²) in [5.74, 6) is 0.356. The summed E-state index contributed by atoms with van der Waals surface area (Å²) in [5, 5.41) is 2.96. The molecule has 2 atom stereocenters. The van der Waals surface area contributed by atoms with Crippen LogP contribution < -0.4 is 11.1 Å². The zero-order chi connectivity index (χ0) is 12.6. The van der Waals surface area contributed by atoms with Gasteiger partial charge in [0, 0.05) is 19.6 Å². The summed E-state index contributed by atoms with van der Waals surface area (Å²) in [4.78, 5) is 11.7. The van der Waals surface area contributed by atoms with Crippen LogP contribution in [0.2, 0.25) is 0 Å². The molecule has 0 aliphatic rings. The van der Waals surface area contributed by atoms with Crippen molar-refractivity contribution in [3.05, 3.63) is 0 Å². The lowest BCUT2D eigenvalue weighted by molar-refractivity contribution is -0.122. The maximum Gasteiger partial charge on any atom is 0.221 e. The van der Waals surface area contributed by atoms with Gasteiger partial charge in [-0.15, -0.1) is 0 Å². The molecular formula is C12H26N2O2. The zero-order valence-electron chi connectivity index (χ0n) is 11.0. The number of hydrogen-bond acceptors (Lipinski definition) is 3. The van der Waals surface area contributed by atoms with Crippen LogP contribution in [0.5, 0.6) is 0 Å². The van der Waals surface area contributed by atoms with Gasteiger partial charge in [0.25, 0.3) is 0 Å². The third kappa shape index (κ3) is 6.80. The topological polar surface area (TPSA) is 64.3 Å². The van der Waals surface area contributed by atoms with Gasteiger partial charge in [0.2, 0.25) is 5.91 Å². The average Bonchev–Trinajstić information content (AvgIpc) is 2.17. The van der Waals surface area contributed by atoms with Gasteiger partial charge >= 0.3 is 0 Å². The molecule has 96 valence electrons. The van der Waals surface area contributed by atoms with Crippen molar-refractivity contribution in [3.8, 4) is 0 Å². The van der Waals surface area contributed by atoms with Gasteiger partial charge in [0.1, 0.15) is 0 Å². The van der Waals surface area contributed by atoms with Crippen molar-refractivity contribution in [1.29, 1.82) is 0 Å². The molecule has 0 aliphatic heterocycles. The first kappa shape index (κ1) is 15.4. The van der Waals surface area contributed by atoms with Gasteiger partial charge in [0.05, 0.1) is 12.6 Å². The number of amides is 1. The Labute approximate surface area is 98.9 Å². The Kier molecular flexibility index (Phi) is 8.21. The van der Waals surface area contributed by atoms with Crippen LogP contribution in [0.3, 0.4) is 0 Å². The Morgan fingerprint density at radius 3 is 2.50 bits per heavy atom. The highest BCUT2D eigenvalue weighted by Crippen LogP contribution is 2.04. The van der Waals surface area contributed by atoms with Crippen molar-refractivity contribution >= 4 is 5.91 Å².